The van der Waals surface area contributed by atoms with Gasteiger partial charge in [0, 0.05) is 14.2 Å². The van der Waals surface area contributed by atoms with Gasteiger partial charge in [-0.05, 0) is 52.9 Å². The topological polar surface area (TPSA) is 70.7 Å². The zero-order valence-electron chi connectivity index (χ0n) is 8.93. The molecule has 1 unspecified atom stereocenters. The first kappa shape index (κ1) is 13.4. The lowest BCUT2D eigenvalue weighted by atomic mass is 10.1. The quantitative estimate of drug-likeness (QED) is 0.804. The van der Waals surface area contributed by atoms with E-state index in [1.54, 1.807) is 18.2 Å². The van der Waals surface area contributed by atoms with Crippen LogP contribution < -0.4 is 0 Å². The lowest BCUT2D eigenvalue weighted by Gasteiger charge is -2.10. The number of halogens is 2. The van der Waals surface area contributed by atoms with Gasteiger partial charge in [-0.2, -0.15) is 0 Å². The molecule has 1 aromatic carbocycles. The highest BCUT2D eigenvalue weighted by atomic mass is 127. The number of aromatic carboxylic acids is 1. The summed E-state index contributed by atoms with van der Waals surface area (Å²) >= 11 is 7.93. The van der Waals surface area contributed by atoms with E-state index >= 15 is 0 Å². The number of benzene rings is 1. The minimum absolute atomic E-state index is 0.174. The Morgan fingerprint density at radius 3 is 2.67 bits per heavy atom. The molecule has 0 saturated carbocycles. The number of carboxylic acids is 1. The Balaban J connectivity index is 2.37. The van der Waals surface area contributed by atoms with Gasteiger partial charge in [-0.3, -0.25) is 0 Å². The molecule has 0 aliphatic rings. The fraction of sp³-hybridized carbons (Fsp3) is 0.0833. The Morgan fingerprint density at radius 1 is 1.33 bits per heavy atom. The summed E-state index contributed by atoms with van der Waals surface area (Å²) in [5.41, 5.74) is 0.578. The Bertz CT molecular complexity index is 594. The molecule has 94 valence electrons. The van der Waals surface area contributed by atoms with Crippen LogP contribution in [0.2, 0.25) is 5.02 Å². The van der Waals surface area contributed by atoms with Gasteiger partial charge in [0.15, 0.2) is 0 Å². The zero-order chi connectivity index (χ0) is 13.3. The number of hydrogen-bond acceptors (Lipinski definition) is 3. The van der Waals surface area contributed by atoms with Crippen LogP contribution in [0.25, 0.3) is 0 Å². The smallest absolute Gasteiger partial charge is 0.371 e. The minimum Gasteiger partial charge on any atom is -0.475 e. The molecule has 6 heteroatoms. The molecule has 0 amide bonds. The molecule has 0 aliphatic carbocycles. The van der Waals surface area contributed by atoms with E-state index in [1.165, 1.54) is 12.1 Å². The lowest BCUT2D eigenvalue weighted by Crippen LogP contribution is -2.01. The van der Waals surface area contributed by atoms with E-state index in [-0.39, 0.29) is 11.5 Å². The van der Waals surface area contributed by atoms with Crippen molar-refractivity contribution in [3.8, 4) is 0 Å². The third kappa shape index (κ3) is 2.68. The number of carboxylic acid groups (broad SMARTS) is 1. The van der Waals surface area contributed by atoms with E-state index in [1.807, 2.05) is 0 Å². The normalized spacial score (nSPS) is 12.4. The summed E-state index contributed by atoms with van der Waals surface area (Å²) in [4.78, 5) is 10.7. The maximum atomic E-state index is 10.7. The highest BCUT2D eigenvalue weighted by Crippen LogP contribution is 2.29. The van der Waals surface area contributed by atoms with Crippen molar-refractivity contribution in [2.75, 3.05) is 0 Å². The molecule has 18 heavy (non-hydrogen) atoms. The number of aliphatic hydroxyl groups excluding tert-OH is 1. The minimum atomic E-state index is -1.17. The van der Waals surface area contributed by atoms with Crippen LogP contribution in [0, 0.1) is 3.57 Å². The SMILES string of the molecule is O=C(O)c1ccc(C(O)c2cc(Cl)ccc2I)o1. The summed E-state index contributed by atoms with van der Waals surface area (Å²) in [5, 5.41) is 19.4. The van der Waals surface area contributed by atoms with Crippen LogP contribution in [-0.2, 0) is 0 Å². The van der Waals surface area contributed by atoms with Gasteiger partial charge in [0.1, 0.15) is 11.9 Å². The number of carbonyl (C=O) groups is 1. The summed E-state index contributed by atoms with van der Waals surface area (Å²) in [6.07, 6.45) is -1.04. The monoisotopic (exact) mass is 378 g/mol. The molecule has 2 rings (SSSR count). The molecule has 2 aromatic rings. The second-order valence-electron chi connectivity index (χ2n) is 3.58. The Kier molecular flexibility index (Phi) is 3.94. The second kappa shape index (κ2) is 5.29. The summed E-state index contributed by atoms with van der Waals surface area (Å²) in [6, 6.07) is 7.84. The van der Waals surface area contributed by atoms with Gasteiger partial charge in [0.2, 0.25) is 5.76 Å². The van der Waals surface area contributed by atoms with Crippen molar-refractivity contribution >= 4 is 40.2 Å². The van der Waals surface area contributed by atoms with Crippen LogP contribution in [0.1, 0.15) is 28.0 Å². The van der Waals surface area contributed by atoms with Crippen molar-refractivity contribution in [3.63, 3.8) is 0 Å². The Morgan fingerprint density at radius 2 is 2.06 bits per heavy atom. The number of aliphatic hydroxyl groups is 1. The highest BCUT2D eigenvalue weighted by molar-refractivity contribution is 14.1. The molecule has 1 atom stereocenters. The maximum Gasteiger partial charge on any atom is 0.371 e. The molecule has 0 spiro atoms. The summed E-state index contributed by atoms with van der Waals surface area (Å²) in [7, 11) is 0. The predicted octanol–water partition coefficient (Wildman–Crippen LogP) is 3.32. The first-order valence-electron chi connectivity index (χ1n) is 4.95. The Labute approximate surface area is 121 Å². The Hall–Kier alpha value is -1.05. The number of furan rings is 1. The van der Waals surface area contributed by atoms with E-state index in [2.05, 4.69) is 22.6 Å². The van der Waals surface area contributed by atoms with Gasteiger partial charge in [-0.25, -0.2) is 4.79 Å². The molecule has 0 bridgehead atoms. The van der Waals surface area contributed by atoms with Crippen LogP contribution in [-0.4, -0.2) is 16.2 Å². The third-order valence-corrected chi connectivity index (χ3v) is 3.58. The van der Waals surface area contributed by atoms with Crippen molar-refractivity contribution in [1.29, 1.82) is 0 Å². The average molecular weight is 379 g/mol. The molecular formula is C12H8ClIO4. The summed E-state index contributed by atoms with van der Waals surface area (Å²) < 4.78 is 5.88. The molecule has 0 fully saturated rings. The molecule has 0 aliphatic heterocycles. The number of rotatable bonds is 3. The van der Waals surface area contributed by atoms with Crippen LogP contribution >= 0.6 is 34.2 Å². The van der Waals surface area contributed by atoms with Crippen LogP contribution in [0.15, 0.2) is 34.7 Å². The van der Waals surface area contributed by atoms with Gasteiger partial charge >= 0.3 is 5.97 Å². The van der Waals surface area contributed by atoms with Crippen molar-refractivity contribution in [1.82, 2.24) is 0 Å². The predicted molar refractivity (Wildman–Crippen MR) is 73.9 cm³/mol. The van der Waals surface area contributed by atoms with Gasteiger partial charge < -0.3 is 14.6 Å². The zero-order valence-corrected chi connectivity index (χ0v) is 11.8. The van der Waals surface area contributed by atoms with E-state index in [0.717, 1.165) is 3.57 Å². The van der Waals surface area contributed by atoms with E-state index in [0.29, 0.717) is 10.6 Å². The molecular weight excluding hydrogens is 370 g/mol. The van der Waals surface area contributed by atoms with Crippen LogP contribution in [0.5, 0.6) is 0 Å². The van der Waals surface area contributed by atoms with Gasteiger partial charge in [-0.15, -0.1) is 0 Å². The van der Waals surface area contributed by atoms with Crippen molar-refractivity contribution in [2.45, 2.75) is 6.10 Å². The maximum absolute atomic E-state index is 10.7. The molecule has 0 radical (unpaired) electrons. The molecule has 0 saturated heterocycles. The lowest BCUT2D eigenvalue weighted by molar-refractivity contribution is 0.0655. The summed E-state index contributed by atoms with van der Waals surface area (Å²) in [6.45, 7) is 0. The fourth-order valence-corrected chi connectivity index (χ4v) is 2.30. The van der Waals surface area contributed by atoms with E-state index in [4.69, 9.17) is 21.1 Å². The molecule has 1 heterocycles. The standard InChI is InChI=1S/C12H8ClIO4/c13-6-1-2-8(14)7(5-6)11(15)9-3-4-10(18-9)12(16)17/h1-5,11,15H,(H,16,17). The fourth-order valence-electron chi connectivity index (χ4n) is 1.49. The molecule has 1 aromatic heterocycles. The van der Waals surface area contributed by atoms with Gasteiger partial charge in [-0.1, -0.05) is 11.6 Å². The summed E-state index contributed by atoms with van der Waals surface area (Å²) in [5.74, 6) is -1.21. The van der Waals surface area contributed by atoms with Gasteiger partial charge in [0.25, 0.3) is 0 Å². The first-order valence-corrected chi connectivity index (χ1v) is 6.40. The largest absolute Gasteiger partial charge is 0.475 e. The molecule has 2 N–H and O–H groups in total. The van der Waals surface area contributed by atoms with Gasteiger partial charge in [0.05, 0.1) is 0 Å². The third-order valence-electron chi connectivity index (χ3n) is 2.36. The average Bonchev–Trinajstić information content (AvgIpc) is 2.81. The van der Waals surface area contributed by atoms with E-state index < -0.39 is 12.1 Å². The van der Waals surface area contributed by atoms with Crippen molar-refractivity contribution in [2.24, 2.45) is 0 Å². The highest BCUT2D eigenvalue weighted by Gasteiger charge is 2.19. The second-order valence-corrected chi connectivity index (χ2v) is 5.17. The van der Waals surface area contributed by atoms with Crippen LogP contribution in [0.3, 0.4) is 0 Å². The van der Waals surface area contributed by atoms with Crippen molar-refractivity contribution in [3.05, 3.63) is 56.0 Å². The van der Waals surface area contributed by atoms with E-state index in [9.17, 15) is 9.90 Å². The molecule has 4 nitrogen and oxygen atoms in total. The van der Waals surface area contributed by atoms with Crippen LogP contribution in [0.4, 0.5) is 0 Å². The first-order chi connectivity index (χ1) is 8.49. The number of hydrogen-bond donors (Lipinski definition) is 2. The van der Waals surface area contributed by atoms with Crippen molar-refractivity contribution < 1.29 is 19.4 Å².